The summed E-state index contributed by atoms with van der Waals surface area (Å²) in [7, 11) is 2.92. The fraction of sp³-hybridized carbons (Fsp3) is 0.167. The first-order valence-electron chi connectivity index (χ1n) is 12.4. The highest BCUT2D eigenvalue weighted by molar-refractivity contribution is 9.10. The number of amides is 1. The van der Waals surface area contributed by atoms with E-state index >= 15 is 0 Å². The molecule has 204 valence electrons. The van der Waals surface area contributed by atoms with Gasteiger partial charge in [0.1, 0.15) is 11.5 Å². The fourth-order valence-electron chi connectivity index (χ4n) is 4.23. The Morgan fingerprint density at radius 2 is 1.90 bits per heavy atom. The summed E-state index contributed by atoms with van der Waals surface area (Å²) in [6, 6.07) is 20.9. The summed E-state index contributed by atoms with van der Waals surface area (Å²) in [6.45, 7) is 0.209. The Labute approximate surface area is 244 Å². The quantitative estimate of drug-likeness (QED) is 0.174. The first-order valence-corrected chi connectivity index (χ1v) is 14.0. The van der Waals surface area contributed by atoms with Crippen LogP contribution in [0, 0.1) is 0 Å². The predicted molar refractivity (Wildman–Crippen MR) is 161 cm³/mol. The molecule has 1 amide bonds. The van der Waals surface area contributed by atoms with E-state index in [-0.39, 0.29) is 12.5 Å². The van der Waals surface area contributed by atoms with Crippen molar-refractivity contribution in [1.82, 2.24) is 9.88 Å². The third-order valence-corrected chi connectivity index (χ3v) is 7.80. The molecule has 0 unspecified atom stereocenters. The molecule has 8 nitrogen and oxygen atoms in total. The van der Waals surface area contributed by atoms with Crippen molar-refractivity contribution in [3.8, 4) is 11.5 Å². The number of para-hydroxylation sites is 1. The largest absolute Gasteiger partial charge is 0.497 e. The lowest BCUT2D eigenvalue weighted by Gasteiger charge is -2.15. The Bertz CT molecular complexity index is 1610. The van der Waals surface area contributed by atoms with Crippen LogP contribution in [0.5, 0.6) is 11.5 Å². The number of halogens is 1. The molecule has 0 saturated carbocycles. The molecule has 1 N–H and O–H groups in total. The maximum absolute atomic E-state index is 13.7. The van der Waals surface area contributed by atoms with Gasteiger partial charge in [0.2, 0.25) is 0 Å². The number of methoxy groups -OCH3 is 2. The number of benzene rings is 3. The van der Waals surface area contributed by atoms with Gasteiger partial charge in [0, 0.05) is 33.7 Å². The molecule has 1 saturated heterocycles. The number of ether oxygens (including phenoxy) is 3. The number of carbonyl (C=O) groups is 2. The summed E-state index contributed by atoms with van der Waals surface area (Å²) in [5.41, 5.74) is 3.54. The monoisotopic (exact) mass is 619 g/mol. The van der Waals surface area contributed by atoms with Gasteiger partial charge in [-0.05, 0) is 78.4 Å². The van der Waals surface area contributed by atoms with Gasteiger partial charge in [0.25, 0.3) is 5.91 Å². The number of nitrogens with one attached hydrogen (secondary N) is 1. The molecule has 1 aliphatic rings. The van der Waals surface area contributed by atoms with Crippen molar-refractivity contribution in [2.45, 2.75) is 6.42 Å². The second-order valence-electron chi connectivity index (χ2n) is 8.82. The lowest BCUT2D eigenvalue weighted by molar-refractivity contribution is -0.142. The molecule has 0 spiro atoms. The van der Waals surface area contributed by atoms with Crippen molar-refractivity contribution < 1.29 is 23.8 Å². The highest BCUT2D eigenvalue weighted by atomic mass is 79.9. The third-order valence-electron chi connectivity index (χ3n) is 6.30. The van der Waals surface area contributed by atoms with E-state index in [1.807, 2.05) is 60.8 Å². The zero-order valence-corrected chi connectivity index (χ0v) is 24.3. The van der Waals surface area contributed by atoms with E-state index in [1.54, 1.807) is 24.2 Å². The summed E-state index contributed by atoms with van der Waals surface area (Å²) in [5.74, 6) is 0.534. The highest BCUT2D eigenvalue weighted by Crippen LogP contribution is 2.37. The average Bonchev–Trinajstić information content (AvgIpc) is 3.51. The van der Waals surface area contributed by atoms with Crippen LogP contribution < -0.4 is 9.47 Å². The zero-order valence-electron chi connectivity index (χ0n) is 21.8. The summed E-state index contributed by atoms with van der Waals surface area (Å²) in [6.07, 6.45) is 4.40. The summed E-state index contributed by atoms with van der Waals surface area (Å²) in [4.78, 5) is 35.7. The van der Waals surface area contributed by atoms with Crippen molar-refractivity contribution in [3.05, 3.63) is 93.4 Å². The number of aromatic amines is 1. The number of aromatic nitrogens is 1. The summed E-state index contributed by atoms with van der Waals surface area (Å²) >= 11 is 4.78. The first kappa shape index (κ1) is 27.5. The molecule has 0 aliphatic carbocycles. The minimum atomic E-state index is -0.495. The third kappa shape index (κ3) is 6.24. The van der Waals surface area contributed by atoms with Crippen LogP contribution in [0.2, 0.25) is 0 Å². The van der Waals surface area contributed by atoms with E-state index in [9.17, 15) is 9.59 Å². The topological polar surface area (TPSA) is 93.2 Å². The van der Waals surface area contributed by atoms with E-state index in [4.69, 9.17) is 19.2 Å². The number of H-pyrrole nitrogens is 1. The normalized spacial score (nSPS) is 15.3. The van der Waals surface area contributed by atoms with Crippen LogP contribution in [0.3, 0.4) is 0 Å². The number of hydrogen-bond acceptors (Lipinski definition) is 7. The first-order chi connectivity index (χ1) is 19.4. The second-order valence-corrected chi connectivity index (χ2v) is 10.7. The van der Waals surface area contributed by atoms with Gasteiger partial charge in [-0.3, -0.25) is 9.69 Å². The molecule has 5 rings (SSSR count). The van der Waals surface area contributed by atoms with E-state index in [2.05, 4.69) is 27.0 Å². The Morgan fingerprint density at radius 3 is 2.67 bits per heavy atom. The van der Waals surface area contributed by atoms with Gasteiger partial charge in [-0.25, -0.2) is 9.79 Å². The van der Waals surface area contributed by atoms with Crippen LogP contribution >= 0.6 is 27.7 Å². The maximum atomic E-state index is 13.7. The van der Waals surface area contributed by atoms with Gasteiger partial charge in [0.15, 0.2) is 11.8 Å². The molecule has 4 aromatic rings. The minimum absolute atomic E-state index is 0.156. The van der Waals surface area contributed by atoms with Gasteiger partial charge in [-0.2, -0.15) is 0 Å². The van der Waals surface area contributed by atoms with E-state index in [1.165, 1.54) is 18.9 Å². The Hall–Kier alpha value is -4.02. The highest BCUT2D eigenvalue weighted by Gasteiger charge is 2.33. The Kier molecular flexibility index (Phi) is 8.57. The van der Waals surface area contributed by atoms with Crippen molar-refractivity contribution in [2.75, 3.05) is 27.4 Å². The Balaban J connectivity index is 1.46. The van der Waals surface area contributed by atoms with Gasteiger partial charge in [0.05, 0.1) is 24.8 Å². The minimum Gasteiger partial charge on any atom is -0.497 e. The number of aliphatic imine (C=N–C) groups is 1. The zero-order chi connectivity index (χ0) is 28.1. The predicted octanol–water partition coefficient (Wildman–Crippen LogP) is 6.34. The molecule has 1 aromatic heterocycles. The molecule has 40 heavy (non-hydrogen) atoms. The summed E-state index contributed by atoms with van der Waals surface area (Å²) < 4.78 is 16.4. The molecule has 0 radical (unpaired) electrons. The second kappa shape index (κ2) is 12.4. The SMILES string of the molecule is COC(=O)COc1ccc(Br)cc1C=C1SC(=Nc2ccc(OC)cc2)N(CCc2c[nH]c3ccccc23)C1=O. The molecule has 3 aromatic carbocycles. The number of amidine groups is 1. The van der Waals surface area contributed by atoms with Crippen LogP contribution in [0.25, 0.3) is 17.0 Å². The molecule has 2 heterocycles. The van der Waals surface area contributed by atoms with Crippen LogP contribution in [0.4, 0.5) is 5.69 Å². The molecule has 0 bridgehead atoms. The van der Waals surface area contributed by atoms with Crippen LogP contribution in [0.15, 0.2) is 87.3 Å². The average molecular weight is 621 g/mol. The standard InChI is InChI=1S/C30H26BrN3O5S/c1-37-23-10-8-22(9-11-23)33-30-34(14-13-19-17-32-25-6-4-3-5-24(19)25)29(36)27(40-30)16-20-15-21(31)7-12-26(20)39-18-28(35)38-2/h3-12,15-17,32H,13-14,18H2,1-2H3. The lowest BCUT2D eigenvalue weighted by Crippen LogP contribution is -2.31. The van der Waals surface area contributed by atoms with Crippen LogP contribution in [0.1, 0.15) is 11.1 Å². The summed E-state index contributed by atoms with van der Waals surface area (Å²) in [5, 5.41) is 1.71. The van der Waals surface area contributed by atoms with Crippen molar-refractivity contribution >= 4 is 67.4 Å². The number of fused-ring (bicyclic) bond motifs is 1. The van der Waals surface area contributed by atoms with E-state index in [0.717, 1.165) is 26.7 Å². The van der Waals surface area contributed by atoms with Gasteiger partial charge in [-0.1, -0.05) is 34.1 Å². The number of carbonyl (C=O) groups excluding carboxylic acids is 2. The Morgan fingerprint density at radius 1 is 1.10 bits per heavy atom. The molecule has 1 aliphatic heterocycles. The van der Waals surface area contributed by atoms with E-state index < -0.39 is 5.97 Å². The smallest absolute Gasteiger partial charge is 0.343 e. The lowest BCUT2D eigenvalue weighted by atomic mass is 10.1. The fourth-order valence-corrected chi connectivity index (χ4v) is 5.62. The number of nitrogens with zero attached hydrogens (tertiary/aromatic N) is 2. The van der Waals surface area contributed by atoms with Crippen LogP contribution in [-0.2, 0) is 20.7 Å². The van der Waals surface area contributed by atoms with Gasteiger partial charge in [-0.15, -0.1) is 0 Å². The van der Waals surface area contributed by atoms with Crippen LogP contribution in [-0.4, -0.2) is 54.3 Å². The molecule has 1 fully saturated rings. The van der Waals surface area contributed by atoms with Crippen molar-refractivity contribution in [2.24, 2.45) is 4.99 Å². The molecular weight excluding hydrogens is 594 g/mol. The number of hydrogen-bond donors (Lipinski definition) is 1. The molecule has 10 heteroatoms. The maximum Gasteiger partial charge on any atom is 0.343 e. The molecule has 0 atom stereocenters. The van der Waals surface area contributed by atoms with Crippen molar-refractivity contribution in [1.29, 1.82) is 0 Å². The van der Waals surface area contributed by atoms with E-state index in [0.29, 0.717) is 40.0 Å². The number of rotatable bonds is 9. The van der Waals surface area contributed by atoms with Gasteiger partial charge < -0.3 is 19.2 Å². The number of thioether (sulfide) groups is 1. The molecular formula is C30H26BrN3O5S. The van der Waals surface area contributed by atoms with Crippen molar-refractivity contribution in [3.63, 3.8) is 0 Å². The van der Waals surface area contributed by atoms with Gasteiger partial charge >= 0.3 is 5.97 Å². The number of esters is 1.